The number of hydrogen-bond acceptors (Lipinski definition) is 3. The molecule has 0 spiro atoms. The Morgan fingerprint density at radius 2 is 1.57 bits per heavy atom. The summed E-state index contributed by atoms with van der Waals surface area (Å²) < 4.78 is 40.8. The largest absolute Gasteiger partial charge is 0.418 e. The zero-order valence-electron chi connectivity index (χ0n) is 15.3. The van der Waals surface area contributed by atoms with Crippen LogP contribution in [0.5, 0.6) is 0 Å². The van der Waals surface area contributed by atoms with Crippen LogP contribution < -0.4 is 17.0 Å². The van der Waals surface area contributed by atoms with Crippen molar-refractivity contribution in [2.75, 3.05) is 5.73 Å². The Balaban J connectivity index is 0.000000269. The molecule has 0 fully saturated rings. The van der Waals surface area contributed by atoms with E-state index in [1.807, 2.05) is 24.3 Å². The Kier molecular flexibility index (Phi) is 6.12. The van der Waals surface area contributed by atoms with Crippen molar-refractivity contribution in [2.45, 2.75) is 6.18 Å². The highest BCUT2D eigenvalue weighted by Gasteiger charge is 2.34. The lowest BCUT2D eigenvalue weighted by molar-refractivity contribution is -0.137. The number of H-pyrrole nitrogens is 1. The fraction of sp³-hybridized carbons (Fsp3) is 0.0476. The number of halogens is 4. The smallest absolute Gasteiger partial charge is 0.399 e. The number of benzene rings is 3. The second kappa shape index (κ2) is 8.58. The number of nitrogen functional groups attached to an aromatic ring is 1. The van der Waals surface area contributed by atoms with Crippen molar-refractivity contribution in [3.8, 4) is 5.69 Å². The molecule has 3 N–H and O–H groups in total. The number of nitrogens with zero attached hydrogens (tertiary/aromatic N) is 1. The Hall–Kier alpha value is -3.33. The maximum atomic E-state index is 13.1. The zero-order valence-corrected chi connectivity index (χ0v) is 16.9. The fourth-order valence-corrected chi connectivity index (χ4v) is 3.21. The molecular formula is C21H15BrF3N3O2. The van der Waals surface area contributed by atoms with Gasteiger partial charge in [-0.2, -0.15) is 13.2 Å². The lowest BCUT2D eigenvalue weighted by atomic mass is 10.1. The maximum Gasteiger partial charge on any atom is 0.418 e. The molecule has 0 aliphatic carbocycles. The number of para-hydroxylation sites is 2. The first-order valence-corrected chi connectivity index (χ1v) is 9.39. The highest BCUT2D eigenvalue weighted by atomic mass is 79.9. The van der Waals surface area contributed by atoms with Crippen molar-refractivity contribution in [3.63, 3.8) is 0 Å². The summed E-state index contributed by atoms with van der Waals surface area (Å²) in [5, 5.41) is 0.138. The highest BCUT2D eigenvalue weighted by Crippen LogP contribution is 2.32. The van der Waals surface area contributed by atoms with Crippen LogP contribution in [0.3, 0.4) is 0 Å². The number of fused-ring (bicyclic) bond motifs is 1. The Morgan fingerprint density at radius 3 is 2.20 bits per heavy atom. The minimum absolute atomic E-state index is 0.138. The van der Waals surface area contributed by atoms with E-state index in [-0.39, 0.29) is 10.9 Å². The van der Waals surface area contributed by atoms with Crippen molar-refractivity contribution in [3.05, 3.63) is 104 Å². The van der Waals surface area contributed by atoms with E-state index in [9.17, 15) is 22.8 Å². The SMILES string of the molecule is Nc1cccc(Br)c1.O=c1[nH]c2ccccc2c(=O)n1-c1ccccc1C(F)(F)F. The third kappa shape index (κ3) is 4.62. The molecule has 0 unspecified atom stereocenters. The molecule has 30 heavy (non-hydrogen) atoms. The molecule has 0 radical (unpaired) electrons. The lowest BCUT2D eigenvalue weighted by Gasteiger charge is -2.13. The first-order chi connectivity index (χ1) is 14.2. The summed E-state index contributed by atoms with van der Waals surface area (Å²) in [6, 6.07) is 18.2. The van der Waals surface area contributed by atoms with Gasteiger partial charge in [0.2, 0.25) is 0 Å². The number of anilines is 1. The topological polar surface area (TPSA) is 80.9 Å². The summed E-state index contributed by atoms with van der Waals surface area (Å²) in [5.41, 5.74) is 3.25. The van der Waals surface area contributed by atoms with Gasteiger partial charge in [-0.1, -0.05) is 46.3 Å². The van der Waals surface area contributed by atoms with E-state index in [0.29, 0.717) is 4.57 Å². The Morgan fingerprint density at radius 1 is 0.900 bits per heavy atom. The number of nitrogens with one attached hydrogen (secondary N) is 1. The van der Waals surface area contributed by atoms with E-state index >= 15 is 0 Å². The van der Waals surface area contributed by atoms with Crippen molar-refractivity contribution in [2.24, 2.45) is 0 Å². The van der Waals surface area contributed by atoms with Crippen LogP contribution in [0.15, 0.2) is 86.9 Å². The third-order valence-corrected chi connectivity index (χ3v) is 4.60. The minimum atomic E-state index is -4.67. The van der Waals surface area contributed by atoms with Gasteiger partial charge in [0.15, 0.2) is 0 Å². The molecule has 0 saturated carbocycles. The maximum absolute atomic E-state index is 13.1. The first-order valence-electron chi connectivity index (χ1n) is 8.60. The molecule has 9 heteroatoms. The molecule has 1 heterocycles. The molecule has 0 amide bonds. The van der Waals surface area contributed by atoms with Crippen LogP contribution >= 0.6 is 15.9 Å². The van der Waals surface area contributed by atoms with Gasteiger partial charge in [-0.15, -0.1) is 0 Å². The molecule has 0 atom stereocenters. The van der Waals surface area contributed by atoms with Crippen molar-refractivity contribution in [1.29, 1.82) is 0 Å². The van der Waals surface area contributed by atoms with E-state index in [1.165, 1.54) is 24.3 Å². The van der Waals surface area contributed by atoms with Crippen LogP contribution in [0.1, 0.15) is 5.56 Å². The molecule has 4 rings (SSSR count). The molecular weight excluding hydrogens is 463 g/mol. The summed E-state index contributed by atoms with van der Waals surface area (Å²) in [4.78, 5) is 26.9. The van der Waals surface area contributed by atoms with Gasteiger partial charge in [0.25, 0.3) is 5.56 Å². The molecule has 5 nitrogen and oxygen atoms in total. The number of nitrogens with two attached hydrogens (primary N) is 1. The third-order valence-electron chi connectivity index (χ3n) is 4.10. The minimum Gasteiger partial charge on any atom is -0.399 e. The van der Waals surface area contributed by atoms with Gasteiger partial charge in [-0.05, 0) is 42.5 Å². The molecule has 0 bridgehead atoms. The van der Waals surface area contributed by atoms with Gasteiger partial charge in [0.1, 0.15) is 0 Å². The zero-order chi connectivity index (χ0) is 21.9. The summed E-state index contributed by atoms with van der Waals surface area (Å²) in [6.07, 6.45) is -4.67. The van der Waals surface area contributed by atoms with E-state index in [0.717, 1.165) is 22.3 Å². The fourth-order valence-electron chi connectivity index (χ4n) is 2.80. The first kappa shape index (κ1) is 21.4. The highest BCUT2D eigenvalue weighted by molar-refractivity contribution is 9.10. The standard InChI is InChI=1S/C15H9F3N2O2.C6H6BrN/c16-15(17,18)10-6-2-4-8-12(10)20-13(21)9-5-1-3-7-11(9)19-14(20)22;7-5-2-1-3-6(8)4-5/h1-8H,(H,19,22);1-4H,8H2. The molecule has 4 aromatic rings. The van der Waals surface area contributed by atoms with E-state index in [2.05, 4.69) is 20.9 Å². The van der Waals surface area contributed by atoms with Gasteiger partial charge in [0, 0.05) is 10.2 Å². The normalized spacial score (nSPS) is 11.1. The molecule has 0 saturated heterocycles. The number of hydrogen-bond donors (Lipinski definition) is 2. The predicted molar refractivity (Wildman–Crippen MR) is 114 cm³/mol. The van der Waals surface area contributed by atoms with Crippen LogP contribution in [0, 0.1) is 0 Å². The number of aromatic nitrogens is 2. The average Bonchev–Trinajstić information content (AvgIpc) is 2.68. The predicted octanol–water partition coefficient (Wildman–Crippen LogP) is 4.73. The van der Waals surface area contributed by atoms with Gasteiger partial charge in [-0.3, -0.25) is 4.79 Å². The summed E-state index contributed by atoms with van der Waals surface area (Å²) in [6.45, 7) is 0. The second-order valence-electron chi connectivity index (χ2n) is 6.19. The summed E-state index contributed by atoms with van der Waals surface area (Å²) >= 11 is 3.28. The van der Waals surface area contributed by atoms with E-state index in [4.69, 9.17) is 5.73 Å². The number of alkyl halides is 3. The monoisotopic (exact) mass is 477 g/mol. The van der Waals surface area contributed by atoms with Crippen molar-refractivity contribution < 1.29 is 13.2 Å². The molecule has 1 aromatic heterocycles. The molecule has 3 aromatic carbocycles. The van der Waals surface area contributed by atoms with Gasteiger partial charge in [-0.25, -0.2) is 9.36 Å². The molecule has 0 aliphatic heterocycles. The van der Waals surface area contributed by atoms with Gasteiger partial charge < -0.3 is 10.7 Å². The van der Waals surface area contributed by atoms with Crippen LogP contribution in [0.25, 0.3) is 16.6 Å². The van der Waals surface area contributed by atoms with Crippen LogP contribution in [0.2, 0.25) is 0 Å². The average molecular weight is 478 g/mol. The summed E-state index contributed by atoms with van der Waals surface area (Å²) in [7, 11) is 0. The van der Waals surface area contributed by atoms with Crippen molar-refractivity contribution in [1.82, 2.24) is 9.55 Å². The van der Waals surface area contributed by atoms with Gasteiger partial charge in [0.05, 0.1) is 22.2 Å². The van der Waals surface area contributed by atoms with Crippen LogP contribution in [0.4, 0.5) is 18.9 Å². The summed E-state index contributed by atoms with van der Waals surface area (Å²) in [5.74, 6) is 0. The number of aromatic amines is 1. The lowest BCUT2D eigenvalue weighted by Crippen LogP contribution is -2.35. The van der Waals surface area contributed by atoms with Crippen molar-refractivity contribution >= 4 is 32.5 Å². The van der Waals surface area contributed by atoms with E-state index in [1.54, 1.807) is 12.1 Å². The van der Waals surface area contributed by atoms with Crippen LogP contribution in [-0.4, -0.2) is 9.55 Å². The quantitative estimate of drug-likeness (QED) is 0.389. The number of rotatable bonds is 1. The second-order valence-corrected chi connectivity index (χ2v) is 7.10. The van der Waals surface area contributed by atoms with E-state index < -0.39 is 28.7 Å². The van der Waals surface area contributed by atoms with Crippen LogP contribution in [-0.2, 0) is 6.18 Å². The van der Waals surface area contributed by atoms with Gasteiger partial charge >= 0.3 is 11.9 Å². The molecule has 154 valence electrons. The molecule has 0 aliphatic rings. The Labute approximate surface area is 176 Å². The Bertz CT molecular complexity index is 1300.